The number of sulfone groups is 1. The minimum atomic E-state index is -3.28. The van der Waals surface area contributed by atoms with Gasteiger partial charge in [0.1, 0.15) is 5.75 Å². The van der Waals surface area contributed by atoms with Gasteiger partial charge in [-0.25, -0.2) is 8.42 Å². The van der Waals surface area contributed by atoms with E-state index in [0.717, 1.165) is 0 Å². The Labute approximate surface area is 107 Å². The molecule has 0 bridgehead atoms. The number of ether oxygens (including phenoxy) is 1. The molecule has 0 aliphatic heterocycles. The van der Waals surface area contributed by atoms with Crippen LogP contribution in [0.2, 0.25) is 0 Å². The van der Waals surface area contributed by atoms with E-state index in [1.165, 1.54) is 7.11 Å². The number of methoxy groups -OCH3 is 1. The zero-order valence-electron chi connectivity index (χ0n) is 10.8. The third-order valence-corrected chi connectivity index (χ3v) is 4.95. The Kier molecular flexibility index (Phi) is 4.83. The van der Waals surface area contributed by atoms with Gasteiger partial charge in [0.15, 0.2) is 15.7 Å². The highest BCUT2D eigenvalue weighted by Gasteiger charge is 2.24. The number of nitrogen functional groups attached to an aromatic ring is 1. The summed E-state index contributed by atoms with van der Waals surface area (Å²) in [6, 6.07) is 0.0252. The topological polar surface area (TPSA) is 108 Å². The van der Waals surface area contributed by atoms with Crippen molar-refractivity contribution < 1.29 is 13.2 Å². The van der Waals surface area contributed by atoms with Crippen LogP contribution < -0.4 is 10.5 Å². The van der Waals surface area contributed by atoms with Crippen molar-refractivity contribution in [1.82, 2.24) is 15.0 Å². The van der Waals surface area contributed by atoms with E-state index in [1.807, 2.05) is 13.8 Å². The van der Waals surface area contributed by atoms with E-state index in [9.17, 15) is 8.42 Å². The molecule has 102 valence electrons. The number of hydrogen-bond acceptors (Lipinski definition) is 7. The fraction of sp³-hybridized carbons (Fsp3) is 0.700. The molecule has 0 amide bonds. The highest BCUT2D eigenvalue weighted by molar-refractivity contribution is 7.91. The van der Waals surface area contributed by atoms with Gasteiger partial charge in [0.05, 0.1) is 12.4 Å². The first-order valence-electron chi connectivity index (χ1n) is 5.68. The Morgan fingerprint density at radius 1 is 1.22 bits per heavy atom. The summed E-state index contributed by atoms with van der Waals surface area (Å²) in [5.74, 6) is -0.176. The van der Waals surface area contributed by atoms with Crippen LogP contribution in [0.3, 0.4) is 0 Å². The number of rotatable bonds is 6. The van der Waals surface area contributed by atoms with E-state index in [0.29, 0.717) is 12.8 Å². The third kappa shape index (κ3) is 3.52. The van der Waals surface area contributed by atoms with Crippen LogP contribution in [-0.2, 0) is 15.6 Å². The molecule has 1 aromatic rings. The molecule has 1 aromatic heterocycles. The zero-order valence-corrected chi connectivity index (χ0v) is 11.6. The third-order valence-electron chi connectivity index (χ3n) is 2.61. The van der Waals surface area contributed by atoms with Crippen molar-refractivity contribution in [3.63, 3.8) is 0 Å². The highest BCUT2D eigenvalue weighted by Crippen LogP contribution is 2.16. The molecule has 0 saturated heterocycles. The first-order chi connectivity index (χ1) is 8.42. The van der Waals surface area contributed by atoms with E-state index in [1.54, 1.807) is 0 Å². The summed E-state index contributed by atoms with van der Waals surface area (Å²) in [5, 5.41) is -0.388. The molecule has 7 nitrogen and oxygen atoms in total. The van der Waals surface area contributed by atoms with E-state index in [-0.39, 0.29) is 28.8 Å². The molecule has 0 aliphatic carbocycles. The molecule has 0 spiro atoms. The maximum atomic E-state index is 12.1. The van der Waals surface area contributed by atoms with Crippen LogP contribution in [0, 0.1) is 0 Å². The monoisotopic (exact) mass is 274 g/mol. The molecule has 2 N–H and O–H groups in total. The largest absolute Gasteiger partial charge is 0.467 e. The van der Waals surface area contributed by atoms with Gasteiger partial charge >= 0.3 is 6.01 Å². The SMILES string of the molecule is CCC(CC)S(=O)(=O)Cc1nc(N)nc(OC)n1. The van der Waals surface area contributed by atoms with Crippen LogP contribution in [-0.4, -0.2) is 35.7 Å². The Morgan fingerprint density at radius 3 is 2.33 bits per heavy atom. The molecule has 1 rings (SSSR count). The standard InChI is InChI=1S/C10H18N4O3S/c1-4-7(5-2)18(15,16)6-8-12-9(11)14-10(13-8)17-3/h7H,4-6H2,1-3H3,(H2,11,12,13,14). The van der Waals surface area contributed by atoms with Crippen molar-refractivity contribution in [2.45, 2.75) is 37.7 Å². The average Bonchev–Trinajstić information content (AvgIpc) is 2.28. The predicted octanol–water partition coefficient (Wildman–Crippen LogP) is 0.566. The number of hydrogen-bond donors (Lipinski definition) is 1. The average molecular weight is 274 g/mol. The molecular formula is C10H18N4O3S. The summed E-state index contributed by atoms with van der Waals surface area (Å²) >= 11 is 0. The molecule has 8 heteroatoms. The van der Waals surface area contributed by atoms with Gasteiger partial charge in [0.2, 0.25) is 5.95 Å². The van der Waals surface area contributed by atoms with Crippen molar-refractivity contribution in [3.05, 3.63) is 5.82 Å². The first-order valence-corrected chi connectivity index (χ1v) is 7.40. The maximum absolute atomic E-state index is 12.1. The van der Waals surface area contributed by atoms with Gasteiger partial charge in [-0.1, -0.05) is 13.8 Å². The fourth-order valence-corrected chi connectivity index (χ4v) is 3.41. The van der Waals surface area contributed by atoms with Crippen molar-refractivity contribution in [3.8, 4) is 6.01 Å². The fourth-order valence-electron chi connectivity index (χ4n) is 1.67. The van der Waals surface area contributed by atoms with E-state index >= 15 is 0 Å². The Bertz CT molecular complexity index is 500. The second-order valence-electron chi connectivity index (χ2n) is 3.84. The summed E-state index contributed by atoms with van der Waals surface area (Å²) in [7, 11) is -1.90. The maximum Gasteiger partial charge on any atom is 0.321 e. The number of aromatic nitrogens is 3. The summed E-state index contributed by atoms with van der Waals surface area (Å²) < 4.78 is 29.0. The van der Waals surface area contributed by atoms with Gasteiger partial charge in [-0.15, -0.1) is 0 Å². The molecule has 0 saturated carbocycles. The normalized spacial score (nSPS) is 11.8. The Hall–Kier alpha value is -1.44. The molecule has 0 radical (unpaired) electrons. The smallest absolute Gasteiger partial charge is 0.321 e. The van der Waals surface area contributed by atoms with Gasteiger partial charge in [-0.05, 0) is 12.8 Å². The Morgan fingerprint density at radius 2 is 1.83 bits per heavy atom. The van der Waals surface area contributed by atoms with Crippen LogP contribution in [0.4, 0.5) is 5.95 Å². The van der Waals surface area contributed by atoms with Gasteiger partial charge in [-0.2, -0.15) is 15.0 Å². The summed E-state index contributed by atoms with van der Waals surface area (Å²) in [6.07, 6.45) is 1.13. The lowest BCUT2D eigenvalue weighted by Crippen LogP contribution is -2.22. The molecule has 0 fully saturated rings. The second-order valence-corrected chi connectivity index (χ2v) is 6.12. The molecule has 0 unspecified atom stereocenters. The van der Waals surface area contributed by atoms with Crippen molar-refractivity contribution in [1.29, 1.82) is 0 Å². The molecule has 0 atom stereocenters. The second kappa shape index (κ2) is 5.94. The van der Waals surface area contributed by atoms with Crippen LogP contribution in [0.1, 0.15) is 32.5 Å². The zero-order chi connectivity index (χ0) is 13.8. The van der Waals surface area contributed by atoms with Crippen LogP contribution in [0.5, 0.6) is 6.01 Å². The molecule has 0 aromatic carbocycles. The van der Waals surface area contributed by atoms with Gasteiger partial charge in [0.25, 0.3) is 0 Å². The lowest BCUT2D eigenvalue weighted by Gasteiger charge is -2.13. The predicted molar refractivity (Wildman–Crippen MR) is 67.8 cm³/mol. The molecule has 18 heavy (non-hydrogen) atoms. The van der Waals surface area contributed by atoms with Crippen LogP contribution in [0.15, 0.2) is 0 Å². The molecular weight excluding hydrogens is 256 g/mol. The highest BCUT2D eigenvalue weighted by atomic mass is 32.2. The molecule has 1 heterocycles. The van der Waals surface area contributed by atoms with Crippen molar-refractivity contribution in [2.24, 2.45) is 0 Å². The van der Waals surface area contributed by atoms with E-state index in [4.69, 9.17) is 10.5 Å². The minimum absolute atomic E-state index is 0.0252. The number of nitrogens with zero attached hydrogens (tertiary/aromatic N) is 3. The lowest BCUT2D eigenvalue weighted by molar-refractivity contribution is 0.377. The van der Waals surface area contributed by atoms with E-state index in [2.05, 4.69) is 15.0 Å². The first kappa shape index (κ1) is 14.6. The summed E-state index contributed by atoms with van der Waals surface area (Å²) in [6.45, 7) is 3.68. The number of nitrogens with two attached hydrogens (primary N) is 1. The van der Waals surface area contributed by atoms with Gasteiger partial charge in [0, 0.05) is 0 Å². The van der Waals surface area contributed by atoms with Crippen molar-refractivity contribution >= 4 is 15.8 Å². The summed E-state index contributed by atoms with van der Waals surface area (Å²) in [5.41, 5.74) is 5.46. The number of anilines is 1. The minimum Gasteiger partial charge on any atom is -0.467 e. The quantitative estimate of drug-likeness (QED) is 0.807. The summed E-state index contributed by atoms with van der Waals surface area (Å²) in [4.78, 5) is 11.4. The van der Waals surface area contributed by atoms with Gasteiger partial charge < -0.3 is 10.5 Å². The van der Waals surface area contributed by atoms with Gasteiger partial charge in [-0.3, -0.25) is 0 Å². The lowest BCUT2D eigenvalue weighted by atomic mass is 10.3. The van der Waals surface area contributed by atoms with Crippen LogP contribution in [0.25, 0.3) is 0 Å². The van der Waals surface area contributed by atoms with E-state index < -0.39 is 9.84 Å². The Balaban J connectivity index is 3.00. The molecule has 0 aliphatic rings. The van der Waals surface area contributed by atoms with Crippen molar-refractivity contribution in [2.75, 3.05) is 12.8 Å². The van der Waals surface area contributed by atoms with Crippen LogP contribution >= 0.6 is 0 Å².